The first-order valence-electron chi connectivity index (χ1n) is 5.36. The molecule has 0 fully saturated rings. The fourth-order valence-electron chi connectivity index (χ4n) is 1.55. The fourth-order valence-corrected chi connectivity index (χ4v) is 1.55. The van der Waals surface area contributed by atoms with Crippen molar-refractivity contribution in [2.45, 2.75) is 6.92 Å². The molecule has 88 valence electrons. The number of carbonyl (C=O) groups excluding carboxylic acids is 1. The van der Waals surface area contributed by atoms with Crippen LogP contribution < -0.4 is 4.74 Å². The van der Waals surface area contributed by atoms with Crippen LogP contribution in [0.3, 0.4) is 0 Å². The molecule has 0 amide bonds. The molecule has 0 unspecified atom stereocenters. The minimum absolute atomic E-state index is 0.324. The third kappa shape index (κ3) is 2.36. The van der Waals surface area contributed by atoms with E-state index in [2.05, 4.69) is 4.98 Å². The molecule has 0 aliphatic carbocycles. The maximum atomic E-state index is 11.5. The average Bonchev–Trinajstić information content (AvgIpc) is 2.37. The number of hydrogen-bond donors (Lipinski definition) is 0. The van der Waals surface area contributed by atoms with E-state index in [1.165, 1.54) is 0 Å². The Morgan fingerprint density at radius 3 is 2.82 bits per heavy atom. The maximum Gasteiger partial charge on any atom is 0.356 e. The number of rotatable bonds is 3. The first kappa shape index (κ1) is 11.4. The first-order chi connectivity index (χ1) is 8.24. The Morgan fingerprint density at radius 2 is 2.12 bits per heavy atom. The predicted octanol–water partition coefficient (Wildman–Crippen LogP) is 2.42. The van der Waals surface area contributed by atoms with Crippen LogP contribution in [0.2, 0.25) is 0 Å². The van der Waals surface area contributed by atoms with E-state index >= 15 is 0 Å². The smallest absolute Gasteiger partial charge is 0.356 e. The van der Waals surface area contributed by atoms with Gasteiger partial charge in [0.1, 0.15) is 11.4 Å². The maximum absolute atomic E-state index is 11.5. The molecule has 0 radical (unpaired) electrons. The van der Waals surface area contributed by atoms with Gasteiger partial charge in [-0.15, -0.1) is 0 Å². The van der Waals surface area contributed by atoms with Crippen molar-refractivity contribution in [3.8, 4) is 5.75 Å². The molecule has 0 spiro atoms. The Kier molecular flexibility index (Phi) is 3.23. The van der Waals surface area contributed by atoms with Crippen molar-refractivity contribution in [2.75, 3.05) is 13.7 Å². The summed E-state index contributed by atoms with van der Waals surface area (Å²) in [6.07, 6.45) is 0. The van der Waals surface area contributed by atoms with Crippen molar-refractivity contribution >= 4 is 16.9 Å². The molecule has 4 nitrogen and oxygen atoms in total. The van der Waals surface area contributed by atoms with E-state index < -0.39 is 5.97 Å². The van der Waals surface area contributed by atoms with Crippen LogP contribution in [0.15, 0.2) is 30.3 Å². The van der Waals surface area contributed by atoms with Crippen molar-refractivity contribution in [3.05, 3.63) is 36.0 Å². The predicted molar refractivity (Wildman–Crippen MR) is 64.3 cm³/mol. The minimum Gasteiger partial charge on any atom is -0.497 e. The van der Waals surface area contributed by atoms with E-state index in [0.29, 0.717) is 12.3 Å². The molecule has 0 saturated carbocycles. The Labute approximate surface area is 99.2 Å². The monoisotopic (exact) mass is 231 g/mol. The number of methoxy groups -OCH3 is 1. The van der Waals surface area contributed by atoms with Crippen molar-refractivity contribution in [1.29, 1.82) is 0 Å². The summed E-state index contributed by atoms with van der Waals surface area (Å²) in [4.78, 5) is 15.7. The number of carbonyl (C=O) groups is 1. The van der Waals surface area contributed by atoms with Crippen LogP contribution in [0, 0.1) is 0 Å². The average molecular weight is 231 g/mol. The molecule has 17 heavy (non-hydrogen) atoms. The van der Waals surface area contributed by atoms with Crippen LogP contribution in [0.4, 0.5) is 0 Å². The highest BCUT2D eigenvalue weighted by Crippen LogP contribution is 2.19. The minimum atomic E-state index is -0.398. The van der Waals surface area contributed by atoms with Gasteiger partial charge in [0.05, 0.1) is 19.2 Å². The Bertz CT molecular complexity index is 551. The second-order valence-electron chi connectivity index (χ2n) is 3.48. The molecule has 0 aliphatic rings. The molecule has 4 heteroatoms. The summed E-state index contributed by atoms with van der Waals surface area (Å²) in [5.41, 5.74) is 1.07. The number of esters is 1. The lowest BCUT2D eigenvalue weighted by molar-refractivity contribution is 0.0520. The van der Waals surface area contributed by atoms with E-state index in [0.717, 1.165) is 16.7 Å². The first-order valence-corrected chi connectivity index (χ1v) is 5.36. The number of fused-ring (bicyclic) bond motifs is 1. The van der Waals surface area contributed by atoms with E-state index in [-0.39, 0.29) is 0 Å². The van der Waals surface area contributed by atoms with E-state index in [1.807, 2.05) is 24.3 Å². The quantitative estimate of drug-likeness (QED) is 0.761. The molecule has 0 atom stereocenters. The molecule has 0 N–H and O–H groups in total. The zero-order valence-corrected chi connectivity index (χ0v) is 9.77. The third-order valence-electron chi connectivity index (χ3n) is 2.38. The van der Waals surface area contributed by atoms with Gasteiger partial charge in [-0.2, -0.15) is 0 Å². The lowest BCUT2D eigenvalue weighted by Gasteiger charge is -2.04. The van der Waals surface area contributed by atoms with Crippen molar-refractivity contribution < 1.29 is 14.3 Å². The largest absolute Gasteiger partial charge is 0.497 e. The summed E-state index contributed by atoms with van der Waals surface area (Å²) in [7, 11) is 1.61. The number of benzene rings is 1. The summed E-state index contributed by atoms with van der Waals surface area (Å²) in [5, 5.41) is 0.928. The van der Waals surface area contributed by atoms with Gasteiger partial charge in [-0.05, 0) is 31.2 Å². The highest BCUT2D eigenvalue weighted by Gasteiger charge is 2.08. The molecule has 2 rings (SSSR count). The number of hydrogen-bond acceptors (Lipinski definition) is 4. The summed E-state index contributed by atoms with van der Waals surface area (Å²) >= 11 is 0. The third-order valence-corrected chi connectivity index (χ3v) is 2.38. The zero-order chi connectivity index (χ0) is 12.3. The Balaban J connectivity index is 2.41. The molecule has 2 aromatic rings. The van der Waals surface area contributed by atoms with Crippen LogP contribution in [0.25, 0.3) is 10.9 Å². The standard InChI is InChI=1S/C13H13NO3/c1-3-17-13(15)12-6-4-9-8-10(16-2)5-7-11(9)14-12/h4-8H,3H2,1-2H3. The highest BCUT2D eigenvalue weighted by atomic mass is 16.5. The van der Waals surface area contributed by atoms with Crippen LogP contribution in [0.1, 0.15) is 17.4 Å². The summed E-state index contributed by atoms with van der Waals surface area (Å²) in [6, 6.07) is 8.98. The number of pyridine rings is 1. The lowest BCUT2D eigenvalue weighted by atomic mass is 10.2. The molecule has 1 heterocycles. The van der Waals surface area contributed by atoms with E-state index in [4.69, 9.17) is 9.47 Å². The second-order valence-corrected chi connectivity index (χ2v) is 3.48. The SMILES string of the molecule is CCOC(=O)c1ccc2cc(OC)ccc2n1. The van der Waals surface area contributed by atoms with Crippen LogP contribution in [-0.4, -0.2) is 24.7 Å². The topological polar surface area (TPSA) is 48.4 Å². The highest BCUT2D eigenvalue weighted by molar-refractivity contribution is 5.91. The lowest BCUT2D eigenvalue weighted by Crippen LogP contribution is -2.06. The van der Waals surface area contributed by atoms with Gasteiger partial charge < -0.3 is 9.47 Å². The normalized spacial score (nSPS) is 10.2. The number of nitrogens with zero attached hydrogens (tertiary/aromatic N) is 1. The summed E-state index contributed by atoms with van der Waals surface area (Å²) in [6.45, 7) is 2.12. The molecule has 0 aliphatic heterocycles. The van der Waals surface area contributed by atoms with Gasteiger partial charge in [0.15, 0.2) is 0 Å². The number of ether oxygens (including phenoxy) is 2. The van der Waals surface area contributed by atoms with Crippen molar-refractivity contribution in [2.24, 2.45) is 0 Å². The summed E-state index contributed by atoms with van der Waals surface area (Å²) < 4.78 is 10.0. The second kappa shape index (κ2) is 4.82. The number of aromatic nitrogens is 1. The molecule has 0 bridgehead atoms. The molecular weight excluding hydrogens is 218 g/mol. The molecule has 1 aromatic heterocycles. The Morgan fingerprint density at radius 1 is 1.29 bits per heavy atom. The van der Waals surface area contributed by atoms with E-state index in [1.54, 1.807) is 20.1 Å². The Hall–Kier alpha value is -2.10. The van der Waals surface area contributed by atoms with Gasteiger partial charge in [0.25, 0.3) is 0 Å². The van der Waals surface area contributed by atoms with Gasteiger partial charge in [-0.3, -0.25) is 0 Å². The van der Waals surface area contributed by atoms with E-state index in [9.17, 15) is 4.79 Å². The summed E-state index contributed by atoms with van der Waals surface area (Å²) in [5.74, 6) is 0.369. The van der Waals surface area contributed by atoms with Gasteiger partial charge in [0, 0.05) is 5.39 Å². The molecular formula is C13H13NO3. The fraction of sp³-hybridized carbons (Fsp3) is 0.231. The van der Waals surface area contributed by atoms with Gasteiger partial charge in [-0.1, -0.05) is 6.07 Å². The van der Waals surface area contributed by atoms with Crippen LogP contribution >= 0.6 is 0 Å². The van der Waals surface area contributed by atoms with Crippen LogP contribution in [0.5, 0.6) is 5.75 Å². The van der Waals surface area contributed by atoms with Gasteiger partial charge in [-0.25, -0.2) is 9.78 Å². The van der Waals surface area contributed by atoms with Crippen molar-refractivity contribution in [1.82, 2.24) is 4.98 Å². The zero-order valence-electron chi connectivity index (χ0n) is 9.77. The van der Waals surface area contributed by atoms with Gasteiger partial charge >= 0.3 is 5.97 Å². The molecule has 1 aromatic carbocycles. The molecule has 0 saturated heterocycles. The van der Waals surface area contributed by atoms with Crippen LogP contribution in [-0.2, 0) is 4.74 Å². The van der Waals surface area contributed by atoms with Crippen molar-refractivity contribution in [3.63, 3.8) is 0 Å². The van der Waals surface area contributed by atoms with Gasteiger partial charge in [0.2, 0.25) is 0 Å².